The highest BCUT2D eigenvalue weighted by molar-refractivity contribution is 6.31. The number of hydrogen-bond donors (Lipinski definition) is 1. The van der Waals surface area contributed by atoms with Gasteiger partial charge in [-0.1, -0.05) is 24.9 Å². The zero-order valence-electron chi connectivity index (χ0n) is 22.2. The van der Waals surface area contributed by atoms with Crippen molar-refractivity contribution in [1.82, 2.24) is 34.3 Å². The summed E-state index contributed by atoms with van der Waals surface area (Å²) in [5, 5.41) is 7.41. The first-order valence-electron chi connectivity index (χ1n) is 13.1. The van der Waals surface area contributed by atoms with Gasteiger partial charge in [-0.2, -0.15) is 5.10 Å². The second-order valence-corrected chi connectivity index (χ2v) is 10.4. The fourth-order valence-electron chi connectivity index (χ4n) is 4.97. The Balaban J connectivity index is 1.45. The number of pyridine rings is 1. The quantitative estimate of drug-likeness (QED) is 0.287. The molecule has 1 aliphatic rings. The van der Waals surface area contributed by atoms with Gasteiger partial charge in [-0.15, -0.1) is 0 Å². The van der Waals surface area contributed by atoms with Crippen LogP contribution >= 0.6 is 11.6 Å². The fourth-order valence-corrected chi connectivity index (χ4v) is 5.13. The van der Waals surface area contributed by atoms with E-state index in [-0.39, 0.29) is 22.5 Å². The van der Waals surface area contributed by atoms with Crippen molar-refractivity contribution in [3.05, 3.63) is 100 Å². The molecule has 1 N–H and O–H groups in total. The number of amides is 1. The Hall–Kier alpha value is -4.84. The van der Waals surface area contributed by atoms with Gasteiger partial charge in [-0.25, -0.2) is 28.4 Å². The maximum atomic E-state index is 14.7. The number of rotatable bonds is 3. The SMILES string of the molecule is CC1CCCC(n2cnc(-c3c(F)ccc(Cl)c3F)cc2=O)c2cc(ccn2)-c2nn(-c3cncnc3)cc2NC1=O. The Labute approximate surface area is 243 Å². The molecule has 10 nitrogen and oxygen atoms in total. The molecule has 13 heteroatoms. The molecule has 2 atom stereocenters. The van der Waals surface area contributed by atoms with Crippen LogP contribution in [0.1, 0.15) is 37.9 Å². The van der Waals surface area contributed by atoms with Crippen molar-refractivity contribution in [3.8, 4) is 28.2 Å². The largest absolute Gasteiger partial charge is 0.323 e. The molecule has 0 saturated carbocycles. The van der Waals surface area contributed by atoms with Crippen LogP contribution in [0.25, 0.3) is 28.2 Å². The lowest BCUT2D eigenvalue weighted by atomic mass is 9.97. The summed E-state index contributed by atoms with van der Waals surface area (Å²) in [6.45, 7) is 1.83. The lowest BCUT2D eigenvalue weighted by Crippen LogP contribution is -2.27. The van der Waals surface area contributed by atoms with E-state index in [9.17, 15) is 18.4 Å². The van der Waals surface area contributed by atoms with Crippen LogP contribution in [0.3, 0.4) is 0 Å². The second kappa shape index (κ2) is 11.2. The van der Waals surface area contributed by atoms with Gasteiger partial charge < -0.3 is 5.32 Å². The average molecular weight is 589 g/mol. The van der Waals surface area contributed by atoms with Crippen molar-refractivity contribution in [3.63, 3.8) is 0 Å². The Morgan fingerprint density at radius 2 is 1.86 bits per heavy atom. The van der Waals surface area contributed by atoms with Crippen molar-refractivity contribution in [1.29, 1.82) is 0 Å². The molecule has 0 aliphatic carbocycles. The number of nitrogens with one attached hydrogen (secondary N) is 1. The minimum absolute atomic E-state index is 0.166. The summed E-state index contributed by atoms with van der Waals surface area (Å²) in [6.07, 6.45) is 10.8. The van der Waals surface area contributed by atoms with E-state index in [1.165, 1.54) is 17.2 Å². The van der Waals surface area contributed by atoms with Crippen molar-refractivity contribution in [2.75, 3.05) is 5.32 Å². The van der Waals surface area contributed by atoms with E-state index in [1.54, 1.807) is 41.6 Å². The van der Waals surface area contributed by atoms with Crippen LogP contribution in [0.5, 0.6) is 0 Å². The number of hydrogen-bond acceptors (Lipinski definition) is 7. The number of anilines is 1. The molecule has 5 heterocycles. The third-order valence-corrected chi connectivity index (χ3v) is 7.51. The van der Waals surface area contributed by atoms with Crippen LogP contribution in [-0.2, 0) is 4.79 Å². The Kier molecular flexibility index (Phi) is 7.29. The Bertz CT molecular complexity index is 1860. The smallest absolute Gasteiger partial charge is 0.254 e. The van der Waals surface area contributed by atoms with Gasteiger partial charge in [0.2, 0.25) is 5.91 Å². The molecule has 6 rings (SSSR count). The molecule has 1 aliphatic heterocycles. The van der Waals surface area contributed by atoms with Crippen LogP contribution in [0, 0.1) is 17.6 Å². The molecule has 2 bridgehead atoms. The van der Waals surface area contributed by atoms with Crippen LogP contribution in [0.4, 0.5) is 14.5 Å². The maximum absolute atomic E-state index is 14.7. The molecule has 0 spiro atoms. The Morgan fingerprint density at radius 3 is 2.64 bits per heavy atom. The Morgan fingerprint density at radius 1 is 1.05 bits per heavy atom. The van der Waals surface area contributed by atoms with Crippen molar-refractivity contribution in [2.45, 2.75) is 32.2 Å². The normalized spacial score (nSPS) is 17.1. The molecule has 0 fully saturated rings. The van der Waals surface area contributed by atoms with Gasteiger partial charge in [0.15, 0.2) is 5.82 Å². The number of aromatic nitrogens is 7. The molecule has 42 heavy (non-hydrogen) atoms. The van der Waals surface area contributed by atoms with E-state index in [0.717, 1.165) is 18.2 Å². The van der Waals surface area contributed by atoms with Crippen molar-refractivity contribution < 1.29 is 13.6 Å². The van der Waals surface area contributed by atoms with E-state index in [1.807, 2.05) is 6.92 Å². The zero-order valence-corrected chi connectivity index (χ0v) is 23.0. The zero-order chi connectivity index (χ0) is 29.4. The first-order valence-corrected chi connectivity index (χ1v) is 13.5. The minimum atomic E-state index is -0.994. The molecule has 0 saturated heterocycles. The molecule has 2 unspecified atom stereocenters. The van der Waals surface area contributed by atoms with Crippen LogP contribution in [-0.4, -0.2) is 40.2 Å². The van der Waals surface area contributed by atoms with Gasteiger partial charge in [0.1, 0.15) is 23.5 Å². The maximum Gasteiger partial charge on any atom is 0.254 e. The van der Waals surface area contributed by atoms with E-state index in [0.29, 0.717) is 47.6 Å². The predicted octanol–water partition coefficient (Wildman–Crippen LogP) is 5.23. The summed E-state index contributed by atoms with van der Waals surface area (Å²) in [6, 6.07) is 6.19. The number of nitrogens with zero attached hydrogens (tertiary/aromatic N) is 7. The van der Waals surface area contributed by atoms with Gasteiger partial charge >= 0.3 is 0 Å². The summed E-state index contributed by atoms with van der Waals surface area (Å²) >= 11 is 5.85. The topological polar surface area (TPSA) is 120 Å². The first kappa shape index (κ1) is 27.3. The van der Waals surface area contributed by atoms with Crippen LogP contribution in [0.15, 0.2) is 72.6 Å². The summed E-state index contributed by atoms with van der Waals surface area (Å²) in [4.78, 5) is 43.4. The van der Waals surface area contributed by atoms with Gasteiger partial charge in [-0.3, -0.25) is 19.1 Å². The highest BCUT2D eigenvalue weighted by Crippen LogP contribution is 2.33. The predicted molar refractivity (Wildman–Crippen MR) is 151 cm³/mol. The van der Waals surface area contributed by atoms with Crippen molar-refractivity contribution >= 4 is 23.2 Å². The highest BCUT2D eigenvalue weighted by Gasteiger charge is 2.25. The van der Waals surface area contributed by atoms with Crippen LogP contribution in [0.2, 0.25) is 5.02 Å². The fraction of sp³-hybridized carbons (Fsp3) is 0.207. The molecule has 1 aromatic carbocycles. The molecule has 0 radical (unpaired) electrons. The van der Waals surface area contributed by atoms with Gasteiger partial charge in [0.25, 0.3) is 5.56 Å². The number of carbonyl (C=O) groups excluding carboxylic acids is 1. The number of benzene rings is 1. The average Bonchev–Trinajstić information content (AvgIpc) is 3.41. The highest BCUT2D eigenvalue weighted by atomic mass is 35.5. The third kappa shape index (κ3) is 5.16. The molecular weight excluding hydrogens is 566 g/mol. The van der Waals surface area contributed by atoms with Crippen molar-refractivity contribution in [2.24, 2.45) is 5.92 Å². The molecule has 5 aromatic rings. The van der Waals surface area contributed by atoms with Gasteiger partial charge in [-0.05, 0) is 37.1 Å². The van der Waals surface area contributed by atoms with E-state index < -0.39 is 28.8 Å². The van der Waals surface area contributed by atoms with E-state index in [4.69, 9.17) is 16.7 Å². The number of fused-ring (bicyclic) bond motifs is 4. The standard InChI is InChI=1S/C29H23ClF2N8O2/c1-16-3-2-4-24(39-15-36-22(10-25(39)41)26-20(31)6-5-19(30)27(26)32)21-9-17(7-8-35-21)28-23(37-29(16)42)13-40(38-28)18-11-33-14-34-12-18/h5-16,24H,2-4H2,1H3,(H,37,42). The molecular formula is C29H23ClF2N8O2. The second-order valence-electron chi connectivity index (χ2n) is 9.98. The lowest BCUT2D eigenvalue weighted by molar-refractivity contribution is -0.119. The molecule has 212 valence electrons. The number of carbonyl (C=O) groups is 1. The summed E-state index contributed by atoms with van der Waals surface area (Å²) in [5.74, 6) is -2.38. The lowest BCUT2D eigenvalue weighted by Gasteiger charge is -2.22. The third-order valence-electron chi connectivity index (χ3n) is 7.21. The molecule has 4 aromatic heterocycles. The first-order chi connectivity index (χ1) is 20.3. The summed E-state index contributed by atoms with van der Waals surface area (Å²) in [5.41, 5.74) is 1.65. The van der Waals surface area contributed by atoms with E-state index >= 15 is 0 Å². The molecule has 1 amide bonds. The summed E-state index contributed by atoms with van der Waals surface area (Å²) in [7, 11) is 0. The monoisotopic (exact) mass is 588 g/mol. The number of halogens is 3. The van der Waals surface area contributed by atoms with Gasteiger partial charge in [0, 0.05) is 23.7 Å². The van der Waals surface area contributed by atoms with Crippen LogP contribution < -0.4 is 10.9 Å². The minimum Gasteiger partial charge on any atom is -0.323 e. The van der Waals surface area contributed by atoms with Gasteiger partial charge in [0.05, 0.1) is 58.6 Å². The summed E-state index contributed by atoms with van der Waals surface area (Å²) < 4.78 is 32.1. The van der Waals surface area contributed by atoms with E-state index in [2.05, 4.69) is 25.3 Å².